The maximum absolute atomic E-state index is 13.6. The van der Waals surface area contributed by atoms with Gasteiger partial charge in [0.2, 0.25) is 0 Å². The molecule has 0 radical (unpaired) electrons. The maximum Gasteiger partial charge on any atom is 0.412 e. The molecule has 1 heterocycles. The van der Waals surface area contributed by atoms with Crippen LogP contribution in [0.2, 0.25) is 0 Å². The summed E-state index contributed by atoms with van der Waals surface area (Å²) in [6, 6.07) is 6.13. The molecule has 1 saturated heterocycles. The molecule has 1 aromatic carbocycles. The number of rotatable bonds is 4. The highest BCUT2D eigenvalue weighted by molar-refractivity contribution is 5.35. The van der Waals surface area contributed by atoms with Crippen LogP contribution in [0.4, 0.5) is 30.7 Å². The molecule has 0 N–H and O–H groups in total. The first-order valence-electron chi connectivity index (χ1n) is 11.5. The fraction of sp³-hybridized carbons (Fsp3) is 0.600. The zero-order valence-electron chi connectivity index (χ0n) is 19.0. The van der Waals surface area contributed by atoms with E-state index in [1.165, 1.54) is 19.1 Å². The van der Waals surface area contributed by atoms with Gasteiger partial charge in [0.15, 0.2) is 0 Å². The number of hydrogen-bond donors (Lipinski definition) is 0. The number of likely N-dealkylation sites (tertiary alicyclic amines) is 1. The zero-order valence-corrected chi connectivity index (χ0v) is 19.0. The van der Waals surface area contributed by atoms with Crippen LogP contribution in [-0.4, -0.2) is 49.6 Å². The number of nitrogens with zero attached hydrogens (tertiary/aromatic N) is 1. The van der Waals surface area contributed by atoms with Gasteiger partial charge < -0.3 is 9.64 Å². The molecule has 6 atom stereocenters. The number of fused-ring (bicyclic) bond motifs is 1. The number of ether oxygens (including phenoxy) is 1. The Morgan fingerprint density at radius 2 is 1.68 bits per heavy atom. The topological polar surface area (TPSA) is 12.5 Å². The molecule has 9 heteroatoms. The average molecular weight is 491 g/mol. The molecule has 2 nitrogen and oxygen atoms in total. The largest absolute Gasteiger partial charge is 0.412 e. The van der Waals surface area contributed by atoms with Gasteiger partial charge >= 0.3 is 12.4 Å². The van der Waals surface area contributed by atoms with Crippen LogP contribution in [0.25, 0.3) is 0 Å². The van der Waals surface area contributed by atoms with Crippen LogP contribution < -0.4 is 0 Å². The van der Waals surface area contributed by atoms with Crippen molar-refractivity contribution in [3.05, 3.63) is 58.9 Å². The van der Waals surface area contributed by atoms with Gasteiger partial charge in [-0.15, -0.1) is 0 Å². The molecular weight excluding hydrogens is 463 g/mol. The molecule has 3 aliphatic rings. The van der Waals surface area contributed by atoms with Gasteiger partial charge in [-0.2, -0.15) is 26.3 Å². The molecule has 34 heavy (non-hydrogen) atoms. The number of benzene rings is 1. The van der Waals surface area contributed by atoms with Gasteiger partial charge in [0.25, 0.3) is 0 Å². The third kappa shape index (κ3) is 5.35. The highest BCUT2D eigenvalue weighted by atomic mass is 19.4. The van der Waals surface area contributed by atoms with Crippen LogP contribution in [-0.2, 0) is 4.74 Å². The van der Waals surface area contributed by atoms with Crippen LogP contribution in [0.1, 0.15) is 37.7 Å². The number of halogens is 7. The van der Waals surface area contributed by atoms with Gasteiger partial charge in [-0.25, -0.2) is 4.39 Å². The molecule has 188 valence electrons. The Morgan fingerprint density at radius 3 is 2.29 bits per heavy atom. The van der Waals surface area contributed by atoms with E-state index in [-0.39, 0.29) is 23.2 Å². The second-order valence-corrected chi connectivity index (χ2v) is 9.80. The molecule has 0 amide bonds. The molecule has 2 aliphatic carbocycles. The summed E-state index contributed by atoms with van der Waals surface area (Å²) in [5, 5.41) is 0. The Kier molecular flexibility index (Phi) is 6.90. The third-order valence-electron chi connectivity index (χ3n) is 7.42. The summed E-state index contributed by atoms with van der Waals surface area (Å²) < 4.78 is 100. The van der Waals surface area contributed by atoms with Crippen LogP contribution in [0.3, 0.4) is 0 Å². The molecule has 2 fully saturated rings. The van der Waals surface area contributed by atoms with Crippen LogP contribution in [0.5, 0.6) is 0 Å². The van der Waals surface area contributed by atoms with Gasteiger partial charge in [0.05, 0.1) is 18.1 Å². The Balaban J connectivity index is 1.62. The summed E-state index contributed by atoms with van der Waals surface area (Å²) in [6.45, 7) is 3.22. The summed E-state index contributed by atoms with van der Waals surface area (Å²) in [4.78, 5) is 2.22. The van der Waals surface area contributed by atoms with Gasteiger partial charge in [0.1, 0.15) is 5.82 Å². The first-order chi connectivity index (χ1) is 15.8. The molecular formula is C25H28F7NO. The summed E-state index contributed by atoms with van der Waals surface area (Å²) >= 11 is 0. The first kappa shape index (κ1) is 25.2. The van der Waals surface area contributed by atoms with E-state index in [0.29, 0.717) is 12.3 Å². The smallest absolute Gasteiger partial charge is 0.370 e. The Bertz CT molecular complexity index is 934. The number of alkyl halides is 6. The predicted molar refractivity (Wildman–Crippen MR) is 114 cm³/mol. The summed E-state index contributed by atoms with van der Waals surface area (Å²) in [5.74, 6) is -2.08. The average Bonchev–Trinajstić information content (AvgIpc) is 3.13. The van der Waals surface area contributed by atoms with E-state index in [1.807, 2.05) is 7.05 Å². The lowest BCUT2D eigenvalue weighted by atomic mass is 9.69. The third-order valence-corrected chi connectivity index (χ3v) is 7.42. The molecule has 4 rings (SSSR count). The van der Waals surface area contributed by atoms with Crippen LogP contribution in [0, 0.1) is 23.6 Å². The molecule has 1 unspecified atom stereocenters. The second kappa shape index (κ2) is 9.30. The van der Waals surface area contributed by atoms with Gasteiger partial charge in [-0.1, -0.05) is 18.2 Å². The minimum Gasteiger partial charge on any atom is -0.370 e. The maximum atomic E-state index is 13.6. The lowest BCUT2D eigenvalue weighted by Gasteiger charge is -2.41. The van der Waals surface area contributed by atoms with E-state index in [4.69, 9.17) is 4.74 Å². The van der Waals surface area contributed by atoms with Crippen molar-refractivity contribution in [3.8, 4) is 0 Å². The summed E-state index contributed by atoms with van der Waals surface area (Å²) in [7, 11) is 2.02. The molecule has 0 bridgehead atoms. The number of hydrogen-bond acceptors (Lipinski definition) is 2. The van der Waals surface area contributed by atoms with Crippen molar-refractivity contribution in [1.82, 2.24) is 4.90 Å². The minimum absolute atomic E-state index is 0.107. The van der Waals surface area contributed by atoms with E-state index < -0.39 is 42.5 Å². The second-order valence-electron chi connectivity index (χ2n) is 9.80. The van der Waals surface area contributed by atoms with Gasteiger partial charge in [-0.3, -0.25) is 0 Å². The summed E-state index contributed by atoms with van der Waals surface area (Å²) in [6.07, 6.45) is -8.94. The van der Waals surface area contributed by atoms with Crippen molar-refractivity contribution in [2.45, 2.75) is 56.7 Å². The van der Waals surface area contributed by atoms with Crippen molar-refractivity contribution in [2.24, 2.45) is 17.8 Å². The summed E-state index contributed by atoms with van der Waals surface area (Å²) in [5.41, 5.74) is -0.427. The zero-order chi connectivity index (χ0) is 24.8. The minimum atomic E-state index is -4.84. The van der Waals surface area contributed by atoms with Gasteiger partial charge in [0, 0.05) is 24.6 Å². The Labute approximate surface area is 194 Å². The molecule has 1 aromatic rings. The molecule has 0 aromatic heterocycles. The van der Waals surface area contributed by atoms with Crippen molar-refractivity contribution in [2.75, 3.05) is 20.1 Å². The van der Waals surface area contributed by atoms with Crippen LogP contribution >= 0.6 is 0 Å². The van der Waals surface area contributed by atoms with E-state index in [9.17, 15) is 30.7 Å². The lowest BCUT2D eigenvalue weighted by molar-refractivity contribution is -0.166. The highest BCUT2D eigenvalue weighted by Crippen LogP contribution is 2.48. The van der Waals surface area contributed by atoms with Crippen molar-refractivity contribution in [1.29, 1.82) is 0 Å². The van der Waals surface area contributed by atoms with E-state index in [2.05, 4.69) is 4.90 Å². The van der Waals surface area contributed by atoms with E-state index >= 15 is 0 Å². The van der Waals surface area contributed by atoms with Gasteiger partial charge in [-0.05, 0) is 74.4 Å². The predicted octanol–water partition coefficient (Wildman–Crippen LogP) is 6.65. The van der Waals surface area contributed by atoms with Crippen molar-refractivity contribution >= 4 is 0 Å². The van der Waals surface area contributed by atoms with Crippen molar-refractivity contribution in [3.63, 3.8) is 0 Å². The molecule has 0 spiro atoms. The fourth-order valence-corrected chi connectivity index (χ4v) is 5.80. The molecule has 1 aliphatic heterocycles. The van der Waals surface area contributed by atoms with Crippen molar-refractivity contribution < 1.29 is 35.5 Å². The number of allylic oxidation sites excluding steroid dienone is 2. The highest BCUT2D eigenvalue weighted by Gasteiger charge is 2.47. The SMILES string of the molecule is C[C@@H](O[C@H]1CC[C@@H]2CN(C)C[C@H]2[C@@H]1c1ccc(F)cc1)C1=CC(C(F)(F)F)CC(C(F)(F)F)=C1. The standard InChI is InChI=1S/C25H28F7NO/c1-14(17-9-18(24(27,28)29)11-19(10-17)25(30,31)32)34-22-8-5-16-12-33(2)13-21(16)23(22)15-3-6-20(26)7-4-15/h3-4,6-7,9-10,14,16,18,21-23H,5,8,11-13H2,1-2H3/t14-,16-,18?,21-,22+,23+/m1/s1. The fourth-order valence-electron chi connectivity index (χ4n) is 5.80. The Morgan fingerprint density at radius 1 is 1.00 bits per heavy atom. The Hall–Kier alpha value is -1.87. The first-order valence-corrected chi connectivity index (χ1v) is 11.5. The monoisotopic (exact) mass is 491 g/mol. The molecule has 1 saturated carbocycles. The van der Waals surface area contributed by atoms with E-state index in [1.54, 1.807) is 12.1 Å². The van der Waals surface area contributed by atoms with E-state index in [0.717, 1.165) is 37.2 Å². The quantitative estimate of drug-likeness (QED) is 0.437. The lowest BCUT2D eigenvalue weighted by Crippen LogP contribution is -2.39. The van der Waals surface area contributed by atoms with Crippen LogP contribution in [0.15, 0.2) is 47.6 Å². The normalized spacial score (nSPS) is 31.6.